The minimum Gasteiger partial charge on any atom is -0.381 e. The lowest BCUT2D eigenvalue weighted by atomic mass is 9.88. The van der Waals surface area contributed by atoms with Gasteiger partial charge in [-0.3, -0.25) is 4.79 Å². The Morgan fingerprint density at radius 2 is 1.92 bits per heavy atom. The fourth-order valence-corrected chi connectivity index (χ4v) is 4.00. The molecule has 2 fully saturated rings. The maximum Gasteiger partial charge on any atom is 0.248 e. The number of carbonyl (C=O) groups excluding carboxylic acids is 1. The second-order valence-electron chi connectivity index (χ2n) is 7.07. The van der Waals surface area contributed by atoms with Crippen molar-refractivity contribution in [1.82, 2.24) is 4.90 Å². The Hall–Kier alpha value is -1.39. The fourth-order valence-electron chi connectivity index (χ4n) is 4.00. The second kappa shape index (κ2) is 8.63. The smallest absolute Gasteiger partial charge is 0.248 e. The van der Waals surface area contributed by atoms with Crippen molar-refractivity contribution in [3.8, 4) is 0 Å². The monoisotopic (exact) mass is 331 g/mol. The summed E-state index contributed by atoms with van der Waals surface area (Å²) in [5.74, 6) is 0.482. The normalized spacial score (nSPS) is 25.1. The maximum absolute atomic E-state index is 12.5. The van der Waals surface area contributed by atoms with Crippen LogP contribution in [0.15, 0.2) is 30.3 Å². The van der Waals surface area contributed by atoms with E-state index in [0.29, 0.717) is 12.0 Å². The number of nitrogens with zero attached hydrogens (tertiary/aromatic N) is 1. The summed E-state index contributed by atoms with van der Waals surface area (Å²) in [6.45, 7) is 1.78. The van der Waals surface area contributed by atoms with Crippen LogP contribution in [0, 0.1) is 5.92 Å². The van der Waals surface area contributed by atoms with E-state index in [1.54, 1.807) is 7.11 Å². The third kappa shape index (κ3) is 4.58. The van der Waals surface area contributed by atoms with Gasteiger partial charge in [-0.1, -0.05) is 43.2 Å². The Bertz CT molecular complexity index is 513. The zero-order valence-corrected chi connectivity index (χ0v) is 14.7. The molecule has 24 heavy (non-hydrogen) atoms. The van der Waals surface area contributed by atoms with Gasteiger partial charge in [0, 0.05) is 26.1 Å². The zero-order valence-electron chi connectivity index (χ0n) is 14.7. The van der Waals surface area contributed by atoms with Gasteiger partial charge in [0.15, 0.2) is 0 Å². The minimum absolute atomic E-state index is 0.134. The Labute approximate surface area is 145 Å². The number of piperidine rings is 1. The first kappa shape index (κ1) is 17.4. The molecular formula is C20H29NO3. The number of amides is 1. The predicted molar refractivity (Wildman–Crippen MR) is 93.8 cm³/mol. The van der Waals surface area contributed by atoms with Gasteiger partial charge < -0.3 is 14.4 Å². The molecule has 1 aromatic carbocycles. The lowest BCUT2D eigenvalue weighted by molar-refractivity contribution is -0.142. The van der Waals surface area contributed by atoms with Gasteiger partial charge in [-0.15, -0.1) is 0 Å². The number of ether oxygens (including phenoxy) is 2. The van der Waals surface area contributed by atoms with Gasteiger partial charge >= 0.3 is 0 Å². The molecule has 0 radical (unpaired) electrons. The summed E-state index contributed by atoms with van der Waals surface area (Å²) in [7, 11) is 1.78. The van der Waals surface area contributed by atoms with Crippen molar-refractivity contribution in [3.63, 3.8) is 0 Å². The average molecular weight is 331 g/mol. The molecule has 0 aromatic heterocycles. The van der Waals surface area contributed by atoms with Gasteiger partial charge in [-0.05, 0) is 31.2 Å². The highest BCUT2D eigenvalue weighted by molar-refractivity contribution is 5.77. The summed E-state index contributed by atoms with van der Waals surface area (Å²) < 4.78 is 11.5. The summed E-state index contributed by atoms with van der Waals surface area (Å²) in [4.78, 5) is 14.5. The first-order valence-corrected chi connectivity index (χ1v) is 9.22. The van der Waals surface area contributed by atoms with Crippen molar-refractivity contribution in [3.05, 3.63) is 35.9 Å². The van der Waals surface area contributed by atoms with E-state index < -0.39 is 0 Å². The highest BCUT2D eigenvalue weighted by Crippen LogP contribution is 2.25. The van der Waals surface area contributed by atoms with E-state index in [1.807, 2.05) is 11.0 Å². The molecule has 0 unspecified atom stereocenters. The number of carbonyl (C=O) groups is 1. The molecule has 0 N–H and O–H groups in total. The van der Waals surface area contributed by atoms with Crippen molar-refractivity contribution >= 4 is 5.91 Å². The molecule has 1 saturated carbocycles. The van der Waals surface area contributed by atoms with Gasteiger partial charge in [-0.2, -0.15) is 0 Å². The molecule has 4 nitrogen and oxygen atoms in total. The topological polar surface area (TPSA) is 38.8 Å². The van der Waals surface area contributed by atoms with Crippen LogP contribution in [0.3, 0.4) is 0 Å². The van der Waals surface area contributed by atoms with Crippen molar-refractivity contribution in [1.29, 1.82) is 0 Å². The van der Waals surface area contributed by atoms with Crippen molar-refractivity contribution < 1.29 is 14.3 Å². The van der Waals surface area contributed by atoms with Crippen LogP contribution in [0.25, 0.3) is 0 Å². The zero-order chi connectivity index (χ0) is 16.8. The highest BCUT2D eigenvalue weighted by Gasteiger charge is 2.32. The number of methoxy groups -OCH3 is 1. The Morgan fingerprint density at radius 1 is 1.17 bits per heavy atom. The number of hydrogen-bond donors (Lipinski definition) is 0. The number of benzene rings is 1. The molecule has 2 atom stereocenters. The second-order valence-corrected chi connectivity index (χ2v) is 7.07. The summed E-state index contributed by atoms with van der Waals surface area (Å²) in [6.07, 6.45) is 7.06. The minimum atomic E-state index is 0.134. The molecule has 132 valence electrons. The van der Waals surface area contributed by atoms with Crippen LogP contribution in [0.2, 0.25) is 0 Å². The van der Waals surface area contributed by atoms with E-state index in [2.05, 4.69) is 24.3 Å². The molecule has 1 aromatic rings. The lowest BCUT2D eigenvalue weighted by Gasteiger charge is -2.38. The SMILES string of the molecule is CO[C@@H]1CCN(C(=O)COC2CCCC2)C[C@@H]1Cc1ccccc1. The van der Waals surface area contributed by atoms with Gasteiger partial charge in [-0.25, -0.2) is 0 Å². The van der Waals surface area contributed by atoms with Gasteiger partial charge in [0.2, 0.25) is 5.91 Å². The predicted octanol–water partition coefficient (Wildman–Crippen LogP) is 3.05. The molecule has 1 heterocycles. The Balaban J connectivity index is 1.54. The van der Waals surface area contributed by atoms with Crippen LogP contribution in [0.1, 0.15) is 37.7 Å². The van der Waals surface area contributed by atoms with Crippen LogP contribution >= 0.6 is 0 Å². The van der Waals surface area contributed by atoms with Crippen LogP contribution in [0.5, 0.6) is 0 Å². The van der Waals surface area contributed by atoms with Gasteiger partial charge in [0.25, 0.3) is 0 Å². The molecule has 1 amide bonds. The molecular weight excluding hydrogens is 302 g/mol. The highest BCUT2D eigenvalue weighted by atomic mass is 16.5. The fraction of sp³-hybridized carbons (Fsp3) is 0.650. The third-order valence-corrected chi connectivity index (χ3v) is 5.41. The molecule has 4 heteroatoms. The Morgan fingerprint density at radius 3 is 2.62 bits per heavy atom. The van der Waals surface area contributed by atoms with Crippen LogP contribution in [0.4, 0.5) is 0 Å². The summed E-state index contributed by atoms with van der Waals surface area (Å²) in [5.41, 5.74) is 1.31. The van der Waals surface area contributed by atoms with Crippen molar-refractivity contribution in [2.45, 2.75) is 50.7 Å². The average Bonchev–Trinajstić information content (AvgIpc) is 3.14. The van der Waals surface area contributed by atoms with E-state index in [9.17, 15) is 4.79 Å². The van der Waals surface area contributed by atoms with Crippen LogP contribution in [-0.2, 0) is 20.7 Å². The molecule has 1 saturated heterocycles. The first-order valence-electron chi connectivity index (χ1n) is 9.22. The van der Waals surface area contributed by atoms with Gasteiger partial charge in [0.05, 0.1) is 12.2 Å². The molecule has 3 rings (SSSR count). The molecule has 1 aliphatic carbocycles. The van der Waals surface area contributed by atoms with E-state index >= 15 is 0 Å². The summed E-state index contributed by atoms with van der Waals surface area (Å²) >= 11 is 0. The number of likely N-dealkylation sites (tertiary alicyclic amines) is 1. The van der Waals surface area contributed by atoms with E-state index in [0.717, 1.165) is 38.8 Å². The van der Waals surface area contributed by atoms with E-state index in [4.69, 9.17) is 9.47 Å². The van der Waals surface area contributed by atoms with Crippen molar-refractivity contribution in [2.75, 3.05) is 26.8 Å². The summed E-state index contributed by atoms with van der Waals surface area (Å²) in [5, 5.41) is 0. The van der Waals surface area contributed by atoms with Gasteiger partial charge in [0.1, 0.15) is 6.61 Å². The molecule has 1 aliphatic heterocycles. The Kier molecular flexibility index (Phi) is 6.27. The van der Waals surface area contributed by atoms with Crippen LogP contribution in [-0.4, -0.2) is 49.8 Å². The summed E-state index contributed by atoms with van der Waals surface area (Å²) in [6, 6.07) is 10.5. The van der Waals surface area contributed by atoms with Crippen molar-refractivity contribution in [2.24, 2.45) is 5.92 Å². The molecule has 0 bridgehead atoms. The molecule has 2 aliphatic rings. The third-order valence-electron chi connectivity index (χ3n) is 5.41. The quantitative estimate of drug-likeness (QED) is 0.804. The van der Waals surface area contributed by atoms with E-state index in [1.165, 1.54) is 18.4 Å². The maximum atomic E-state index is 12.5. The lowest BCUT2D eigenvalue weighted by Crippen LogP contribution is -2.48. The standard InChI is InChI=1S/C20H29NO3/c1-23-19-11-12-21(20(22)15-24-18-9-5-6-10-18)14-17(19)13-16-7-3-2-4-8-16/h2-4,7-8,17-19H,5-6,9-15H2,1H3/t17-,19+/m0/s1. The number of hydrogen-bond acceptors (Lipinski definition) is 3. The molecule has 0 spiro atoms. The number of rotatable bonds is 6. The van der Waals surface area contributed by atoms with E-state index in [-0.39, 0.29) is 18.6 Å². The van der Waals surface area contributed by atoms with Crippen LogP contribution < -0.4 is 0 Å². The first-order chi connectivity index (χ1) is 11.8. The largest absolute Gasteiger partial charge is 0.381 e.